The number of halogens is 1. The predicted octanol–water partition coefficient (Wildman–Crippen LogP) is 2.88. The summed E-state index contributed by atoms with van der Waals surface area (Å²) in [6.07, 6.45) is 1.55. The van der Waals surface area contributed by atoms with Crippen LogP contribution < -0.4 is 0 Å². The summed E-state index contributed by atoms with van der Waals surface area (Å²) in [5, 5.41) is 0.528. The molecule has 0 fully saturated rings. The number of aromatic nitrogens is 3. The Hall–Kier alpha value is -0.650. The molecule has 0 saturated carbocycles. The van der Waals surface area contributed by atoms with Gasteiger partial charge in [-0.2, -0.15) is 4.37 Å². The number of thioether (sulfide) groups is 1. The van der Waals surface area contributed by atoms with E-state index in [1.165, 1.54) is 11.5 Å². The molecule has 2 heterocycles. The fraction of sp³-hybridized carbons (Fsp3) is 0.125. The average Bonchev–Trinajstić information content (AvgIpc) is 2.67. The Balaban J connectivity index is 1.98. The average molecular weight is 244 g/mol. The first kappa shape index (κ1) is 9.89. The third-order valence-corrected chi connectivity index (χ3v) is 3.50. The van der Waals surface area contributed by atoms with Gasteiger partial charge in [0.15, 0.2) is 4.34 Å². The zero-order valence-corrected chi connectivity index (χ0v) is 9.44. The van der Waals surface area contributed by atoms with Crippen LogP contribution in [0.5, 0.6) is 0 Å². The van der Waals surface area contributed by atoms with E-state index in [0.29, 0.717) is 5.15 Å². The highest BCUT2D eigenvalue weighted by molar-refractivity contribution is 8.00. The van der Waals surface area contributed by atoms with Gasteiger partial charge in [0.25, 0.3) is 0 Å². The second kappa shape index (κ2) is 4.72. The molecule has 0 aliphatic heterocycles. The molecule has 0 N–H and O–H groups in total. The predicted molar refractivity (Wildman–Crippen MR) is 58.7 cm³/mol. The zero-order chi connectivity index (χ0) is 9.80. The molecular formula is C8H6ClN3S2. The molecule has 14 heavy (non-hydrogen) atoms. The number of rotatable bonds is 3. The maximum Gasteiger partial charge on any atom is 0.170 e. The van der Waals surface area contributed by atoms with Crippen LogP contribution >= 0.6 is 34.9 Å². The molecule has 2 rings (SSSR count). The second-order valence-electron chi connectivity index (χ2n) is 2.45. The Labute approximate surface area is 94.7 Å². The van der Waals surface area contributed by atoms with Crippen molar-refractivity contribution in [1.29, 1.82) is 0 Å². The van der Waals surface area contributed by atoms with Crippen molar-refractivity contribution in [3.05, 3.63) is 35.4 Å². The number of nitrogens with zero attached hydrogens (tertiary/aromatic N) is 3. The molecule has 0 atom stereocenters. The topological polar surface area (TPSA) is 38.7 Å². The summed E-state index contributed by atoms with van der Waals surface area (Å²) >= 11 is 8.76. The fourth-order valence-corrected chi connectivity index (χ4v) is 2.42. The summed E-state index contributed by atoms with van der Waals surface area (Å²) in [5.41, 5.74) is 0.956. The Morgan fingerprint density at radius 3 is 3.07 bits per heavy atom. The van der Waals surface area contributed by atoms with E-state index in [4.69, 9.17) is 11.6 Å². The zero-order valence-electron chi connectivity index (χ0n) is 7.05. The van der Waals surface area contributed by atoms with E-state index in [1.807, 2.05) is 12.1 Å². The van der Waals surface area contributed by atoms with Crippen LogP contribution in [0.1, 0.15) is 5.69 Å². The SMILES string of the molecule is Clc1cccc(CSc2ncns2)n1. The lowest BCUT2D eigenvalue weighted by atomic mass is 10.4. The molecule has 2 aromatic rings. The molecule has 0 radical (unpaired) electrons. The molecule has 6 heteroatoms. The molecule has 0 aromatic carbocycles. The fourth-order valence-electron chi connectivity index (χ4n) is 0.893. The van der Waals surface area contributed by atoms with Crippen LogP contribution in [0.15, 0.2) is 28.9 Å². The van der Waals surface area contributed by atoms with Crippen LogP contribution in [-0.4, -0.2) is 14.3 Å². The van der Waals surface area contributed by atoms with Crippen molar-refractivity contribution < 1.29 is 0 Å². The minimum absolute atomic E-state index is 0.528. The van der Waals surface area contributed by atoms with Crippen LogP contribution in [-0.2, 0) is 5.75 Å². The molecule has 2 aromatic heterocycles. The van der Waals surface area contributed by atoms with Crippen LogP contribution in [0, 0.1) is 0 Å². The molecule has 0 bridgehead atoms. The van der Waals surface area contributed by atoms with Gasteiger partial charge in [0, 0.05) is 5.75 Å². The van der Waals surface area contributed by atoms with Gasteiger partial charge >= 0.3 is 0 Å². The first-order valence-electron chi connectivity index (χ1n) is 3.85. The summed E-state index contributed by atoms with van der Waals surface area (Å²) in [6.45, 7) is 0. The molecule has 0 amide bonds. The largest absolute Gasteiger partial charge is 0.240 e. The van der Waals surface area contributed by atoms with E-state index in [-0.39, 0.29) is 0 Å². The number of hydrogen-bond acceptors (Lipinski definition) is 5. The Bertz CT molecular complexity index is 405. The van der Waals surface area contributed by atoms with E-state index in [9.17, 15) is 0 Å². The third-order valence-electron chi connectivity index (χ3n) is 1.46. The van der Waals surface area contributed by atoms with Crippen molar-refractivity contribution in [2.45, 2.75) is 10.1 Å². The van der Waals surface area contributed by atoms with Crippen molar-refractivity contribution in [3.8, 4) is 0 Å². The maximum atomic E-state index is 5.76. The molecule has 0 aliphatic rings. The van der Waals surface area contributed by atoms with E-state index in [2.05, 4.69) is 14.3 Å². The van der Waals surface area contributed by atoms with E-state index < -0.39 is 0 Å². The van der Waals surface area contributed by atoms with Gasteiger partial charge in [-0.15, -0.1) is 0 Å². The highest BCUT2D eigenvalue weighted by Crippen LogP contribution is 2.22. The lowest BCUT2D eigenvalue weighted by molar-refractivity contribution is 1.16. The van der Waals surface area contributed by atoms with Gasteiger partial charge < -0.3 is 0 Å². The van der Waals surface area contributed by atoms with Gasteiger partial charge in [-0.3, -0.25) is 0 Å². The highest BCUT2D eigenvalue weighted by Gasteiger charge is 2.00. The molecular weight excluding hydrogens is 238 g/mol. The first-order chi connectivity index (χ1) is 6.84. The molecule has 0 spiro atoms. The molecule has 3 nitrogen and oxygen atoms in total. The molecule has 0 aliphatic carbocycles. The Morgan fingerprint density at radius 1 is 1.43 bits per heavy atom. The quantitative estimate of drug-likeness (QED) is 0.614. The second-order valence-corrected chi connectivity index (χ2v) is 4.84. The molecule has 0 unspecified atom stereocenters. The van der Waals surface area contributed by atoms with Crippen LogP contribution in [0.2, 0.25) is 5.15 Å². The lowest BCUT2D eigenvalue weighted by Crippen LogP contribution is -1.85. The van der Waals surface area contributed by atoms with Crippen molar-refractivity contribution in [2.24, 2.45) is 0 Å². The Kier molecular flexibility index (Phi) is 3.34. The van der Waals surface area contributed by atoms with Gasteiger partial charge in [0.05, 0.1) is 5.69 Å². The maximum absolute atomic E-state index is 5.76. The first-order valence-corrected chi connectivity index (χ1v) is 5.99. The van der Waals surface area contributed by atoms with Crippen LogP contribution in [0.3, 0.4) is 0 Å². The summed E-state index contributed by atoms with van der Waals surface area (Å²) in [7, 11) is 0. The van der Waals surface area contributed by atoms with Crippen molar-refractivity contribution in [1.82, 2.24) is 14.3 Å². The summed E-state index contributed by atoms with van der Waals surface area (Å²) in [6, 6.07) is 5.60. The van der Waals surface area contributed by atoms with Gasteiger partial charge in [-0.25, -0.2) is 9.97 Å². The summed E-state index contributed by atoms with van der Waals surface area (Å²) < 4.78 is 4.87. The standard InChI is InChI=1S/C8H6ClN3S2/c9-7-3-1-2-6(12-7)4-13-8-10-5-11-14-8/h1-3,5H,4H2. The Morgan fingerprint density at radius 2 is 2.36 bits per heavy atom. The van der Waals surface area contributed by atoms with E-state index in [0.717, 1.165) is 15.8 Å². The van der Waals surface area contributed by atoms with Gasteiger partial charge in [0.2, 0.25) is 0 Å². The highest BCUT2D eigenvalue weighted by atomic mass is 35.5. The molecule has 72 valence electrons. The third kappa shape index (κ3) is 2.67. The van der Waals surface area contributed by atoms with Gasteiger partial charge in [0.1, 0.15) is 11.5 Å². The number of hydrogen-bond donors (Lipinski definition) is 0. The van der Waals surface area contributed by atoms with Crippen molar-refractivity contribution in [3.63, 3.8) is 0 Å². The lowest BCUT2D eigenvalue weighted by Gasteiger charge is -1.97. The van der Waals surface area contributed by atoms with E-state index in [1.54, 1.807) is 24.2 Å². The van der Waals surface area contributed by atoms with Gasteiger partial charge in [-0.05, 0) is 23.7 Å². The minimum atomic E-state index is 0.528. The minimum Gasteiger partial charge on any atom is -0.240 e. The summed E-state index contributed by atoms with van der Waals surface area (Å²) in [5.74, 6) is 0.774. The number of pyridine rings is 1. The van der Waals surface area contributed by atoms with Crippen molar-refractivity contribution in [2.75, 3.05) is 0 Å². The monoisotopic (exact) mass is 243 g/mol. The normalized spacial score (nSPS) is 10.4. The van der Waals surface area contributed by atoms with E-state index >= 15 is 0 Å². The van der Waals surface area contributed by atoms with Crippen LogP contribution in [0.25, 0.3) is 0 Å². The summed E-state index contributed by atoms with van der Waals surface area (Å²) in [4.78, 5) is 8.24. The smallest absolute Gasteiger partial charge is 0.170 e. The van der Waals surface area contributed by atoms with Crippen molar-refractivity contribution >= 4 is 34.9 Å². The van der Waals surface area contributed by atoms with Crippen LogP contribution in [0.4, 0.5) is 0 Å². The van der Waals surface area contributed by atoms with Gasteiger partial charge in [-0.1, -0.05) is 29.4 Å². The molecule has 0 saturated heterocycles.